The summed E-state index contributed by atoms with van der Waals surface area (Å²) in [5.41, 5.74) is 1.17. The second kappa shape index (κ2) is 5.86. The Morgan fingerprint density at radius 1 is 1.12 bits per heavy atom. The van der Waals surface area contributed by atoms with E-state index in [1.807, 2.05) is 0 Å². The van der Waals surface area contributed by atoms with Gasteiger partial charge >= 0.3 is 0 Å². The third kappa shape index (κ3) is 7.38. The van der Waals surface area contributed by atoms with E-state index in [4.69, 9.17) is 0 Å². The molecule has 0 rings (SSSR count). The molecule has 100 valence electrons. The Labute approximate surface area is 107 Å². The minimum absolute atomic E-state index is 0.183. The first-order valence-electron chi connectivity index (χ1n) is 5.96. The molecular weight excluding hydrogens is 248 g/mol. The Bertz CT molecular complexity index is 309. The van der Waals surface area contributed by atoms with E-state index >= 15 is 0 Å². The number of hydrogen-bond acceptors (Lipinski definition) is 3. The van der Waals surface area contributed by atoms with Crippen molar-refractivity contribution in [2.24, 2.45) is 0 Å². The van der Waals surface area contributed by atoms with Gasteiger partial charge in [-0.15, -0.1) is 0 Å². The molecule has 0 aromatic carbocycles. The Morgan fingerprint density at radius 2 is 1.59 bits per heavy atom. The molecule has 0 radical (unpaired) electrons. The molecular formula is C12H25O3Si2-. The first kappa shape index (κ1) is 16.4. The molecule has 17 heavy (non-hydrogen) atoms. The summed E-state index contributed by atoms with van der Waals surface area (Å²) >= 11 is 0. The smallest absolute Gasteiger partial charge is 0.252 e. The van der Waals surface area contributed by atoms with Gasteiger partial charge in [-0.1, -0.05) is 50.1 Å². The van der Waals surface area contributed by atoms with Gasteiger partial charge in [0, 0.05) is 14.7 Å². The SMILES string of the molecule is CC(=C(COC(=O)[O-])C[Si](C)(C)C)[Si](C)(C)C. The molecule has 0 atom stereocenters. The van der Waals surface area contributed by atoms with Crippen molar-refractivity contribution in [3.8, 4) is 0 Å². The van der Waals surface area contributed by atoms with Gasteiger partial charge in [-0.2, -0.15) is 0 Å². The minimum Gasteiger partial charge on any atom is -0.545 e. The molecule has 0 aromatic rings. The number of allylic oxidation sites excluding steroid dienone is 1. The molecule has 0 heterocycles. The molecule has 0 fully saturated rings. The lowest BCUT2D eigenvalue weighted by atomic mass is 10.3. The summed E-state index contributed by atoms with van der Waals surface area (Å²) < 4.78 is 4.66. The number of hydrogen-bond donors (Lipinski definition) is 0. The summed E-state index contributed by atoms with van der Waals surface area (Å²) in [6, 6.07) is 0.996. The van der Waals surface area contributed by atoms with E-state index in [1.165, 1.54) is 10.8 Å². The van der Waals surface area contributed by atoms with Crippen molar-refractivity contribution in [1.82, 2.24) is 0 Å². The second-order valence-corrected chi connectivity index (χ2v) is 17.5. The zero-order valence-corrected chi connectivity index (χ0v) is 14.1. The Kier molecular flexibility index (Phi) is 5.67. The van der Waals surface area contributed by atoms with Gasteiger partial charge in [0.15, 0.2) is 0 Å². The first-order chi connectivity index (χ1) is 7.43. The van der Waals surface area contributed by atoms with Crippen LogP contribution in [0, 0.1) is 0 Å². The molecule has 0 saturated carbocycles. The maximum absolute atomic E-state index is 10.4. The van der Waals surface area contributed by atoms with E-state index in [0.29, 0.717) is 0 Å². The lowest BCUT2D eigenvalue weighted by molar-refractivity contribution is -0.281. The van der Waals surface area contributed by atoms with E-state index < -0.39 is 22.3 Å². The molecule has 5 heteroatoms. The van der Waals surface area contributed by atoms with Gasteiger partial charge in [-0.3, -0.25) is 0 Å². The summed E-state index contributed by atoms with van der Waals surface area (Å²) in [5.74, 6) is 0. The summed E-state index contributed by atoms with van der Waals surface area (Å²) in [6.07, 6.45) is -1.43. The van der Waals surface area contributed by atoms with Gasteiger partial charge in [-0.05, 0) is 13.0 Å². The standard InChI is InChI=1S/C12H26O3Si2/c1-10(17(5,6)7)11(8-15-12(13)14)9-16(2,3)4/h8-9H2,1-7H3,(H,13,14)/p-1. The van der Waals surface area contributed by atoms with Crippen LogP contribution in [0.3, 0.4) is 0 Å². The number of carbonyl (C=O) groups excluding carboxylic acids is 1. The Hall–Kier alpha value is -0.556. The fourth-order valence-corrected chi connectivity index (χ4v) is 4.65. The predicted molar refractivity (Wildman–Crippen MR) is 75.5 cm³/mol. The Morgan fingerprint density at radius 3 is 1.88 bits per heavy atom. The number of carboxylic acid groups (broad SMARTS) is 1. The van der Waals surface area contributed by atoms with E-state index in [-0.39, 0.29) is 6.61 Å². The van der Waals surface area contributed by atoms with E-state index in [2.05, 4.69) is 50.9 Å². The van der Waals surface area contributed by atoms with Crippen LogP contribution in [0.2, 0.25) is 45.3 Å². The zero-order valence-electron chi connectivity index (χ0n) is 12.1. The van der Waals surface area contributed by atoms with Crippen molar-refractivity contribution in [1.29, 1.82) is 0 Å². The van der Waals surface area contributed by atoms with Gasteiger partial charge in [-0.25, -0.2) is 0 Å². The Balaban J connectivity index is 5.04. The molecule has 0 aromatic heterocycles. The van der Waals surface area contributed by atoms with Crippen LogP contribution in [-0.4, -0.2) is 28.9 Å². The monoisotopic (exact) mass is 273 g/mol. The fraction of sp³-hybridized carbons (Fsp3) is 0.750. The minimum atomic E-state index is -1.43. The van der Waals surface area contributed by atoms with Crippen LogP contribution in [0.4, 0.5) is 4.79 Å². The van der Waals surface area contributed by atoms with E-state index in [0.717, 1.165) is 6.04 Å². The molecule has 0 unspecified atom stereocenters. The summed E-state index contributed by atoms with van der Waals surface area (Å²) in [5, 5.41) is 11.8. The van der Waals surface area contributed by atoms with Gasteiger partial charge in [0.1, 0.15) is 0 Å². The highest BCUT2D eigenvalue weighted by Crippen LogP contribution is 2.25. The number of ether oxygens (including phenoxy) is 1. The maximum Gasteiger partial charge on any atom is 0.252 e. The average molecular weight is 274 g/mol. The van der Waals surface area contributed by atoms with Crippen molar-refractivity contribution in [2.45, 2.75) is 52.2 Å². The second-order valence-electron chi connectivity index (χ2n) is 6.75. The lowest BCUT2D eigenvalue weighted by Gasteiger charge is -2.27. The molecule has 0 bridgehead atoms. The van der Waals surface area contributed by atoms with E-state index in [9.17, 15) is 9.90 Å². The predicted octanol–water partition coefficient (Wildman–Crippen LogP) is 2.88. The van der Waals surface area contributed by atoms with Crippen molar-refractivity contribution >= 4 is 22.3 Å². The normalized spacial score (nSPS) is 14.3. The van der Waals surface area contributed by atoms with Gasteiger partial charge in [0.05, 0.1) is 8.07 Å². The van der Waals surface area contributed by atoms with Crippen molar-refractivity contribution in [2.75, 3.05) is 6.61 Å². The highest BCUT2D eigenvalue weighted by Gasteiger charge is 2.23. The first-order valence-corrected chi connectivity index (χ1v) is 13.2. The van der Waals surface area contributed by atoms with Crippen molar-refractivity contribution in [3.63, 3.8) is 0 Å². The van der Waals surface area contributed by atoms with E-state index in [1.54, 1.807) is 0 Å². The third-order valence-corrected chi connectivity index (χ3v) is 6.85. The molecule has 0 aliphatic rings. The average Bonchev–Trinajstić information content (AvgIpc) is 2.07. The zero-order chi connectivity index (χ0) is 13.9. The number of carbonyl (C=O) groups is 1. The van der Waals surface area contributed by atoms with Crippen LogP contribution in [0.15, 0.2) is 10.8 Å². The van der Waals surface area contributed by atoms with Crippen molar-refractivity contribution < 1.29 is 14.6 Å². The van der Waals surface area contributed by atoms with Crippen LogP contribution >= 0.6 is 0 Å². The molecule has 0 saturated heterocycles. The third-order valence-electron chi connectivity index (χ3n) is 2.76. The van der Waals surface area contributed by atoms with Crippen LogP contribution in [-0.2, 0) is 4.74 Å². The lowest BCUT2D eigenvalue weighted by Crippen LogP contribution is -2.31. The van der Waals surface area contributed by atoms with Crippen LogP contribution in [0.25, 0.3) is 0 Å². The molecule has 0 aliphatic heterocycles. The van der Waals surface area contributed by atoms with Gasteiger partial charge in [0.2, 0.25) is 0 Å². The quantitative estimate of drug-likeness (QED) is 0.571. The molecule has 0 amide bonds. The van der Waals surface area contributed by atoms with Crippen LogP contribution in [0.5, 0.6) is 0 Å². The number of rotatable bonds is 5. The van der Waals surface area contributed by atoms with Gasteiger partial charge in [0.25, 0.3) is 6.16 Å². The van der Waals surface area contributed by atoms with Crippen LogP contribution < -0.4 is 5.11 Å². The van der Waals surface area contributed by atoms with Gasteiger partial charge < -0.3 is 14.6 Å². The summed E-state index contributed by atoms with van der Waals surface area (Å²) in [7, 11) is -2.65. The summed E-state index contributed by atoms with van der Waals surface area (Å²) in [4.78, 5) is 10.4. The molecule has 0 N–H and O–H groups in total. The fourth-order valence-electron chi connectivity index (χ4n) is 1.61. The molecule has 0 spiro atoms. The molecule has 0 aliphatic carbocycles. The molecule has 3 nitrogen and oxygen atoms in total. The summed E-state index contributed by atoms with van der Waals surface area (Å²) in [6.45, 7) is 16.0. The highest BCUT2D eigenvalue weighted by atomic mass is 28.3. The topological polar surface area (TPSA) is 49.4 Å². The van der Waals surface area contributed by atoms with Crippen LogP contribution in [0.1, 0.15) is 6.92 Å². The van der Waals surface area contributed by atoms with Crippen molar-refractivity contribution in [3.05, 3.63) is 10.8 Å². The largest absolute Gasteiger partial charge is 0.545 e. The maximum atomic E-state index is 10.4. The highest BCUT2D eigenvalue weighted by molar-refractivity contribution is 6.83.